The van der Waals surface area contributed by atoms with E-state index >= 15 is 0 Å². The van der Waals surface area contributed by atoms with E-state index in [0.29, 0.717) is 5.75 Å². The van der Waals surface area contributed by atoms with Crippen molar-refractivity contribution >= 4 is 29.6 Å². The number of ether oxygens (including phenoxy) is 2. The normalized spacial score (nSPS) is 23.4. The minimum atomic E-state index is -1.30. The number of hydrogen-bond donors (Lipinski definition) is 2. The summed E-state index contributed by atoms with van der Waals surface area (Å²) in [5.41, 5.74) is 5.68. The van der Waals surface area contributed by atoms with Crippen molar-refractivity contribution in [1.29, 1.82) is 0 Å². The Bertz CT molecular complexity index is 750. The summed E-state index contributed by atoms with van der Waals surface area (Å²) in [6.07, 6.45) is -1.25. The van der Waals surface area contributed by atoms with Gasteiger partial charge in [0.15, 0.2) is 0 Å². The van der Waals surface area contributed by atoms with Crippen LogP contribution in [-0.4, -0.2) is 51.3 Å². The molecule has 2 heterocycles. The zero-order chi connectivity index (χ0) is 18.1. The van der Waals surface area contributed by atoms with E-state index in [1.807, 2.05) is 0 Å². The minimum absolute atomic E-state index is 0.202. The van der Waals surface area contributed by atoms with Crippen LogP contribution in [0.4, 0.5) is 0 Å². The van der Waals surface area contributed by atoms with Crippen LogP contribution >= 0.6 is 11.8 Å². The maximum atomic E-state index is 12.0. The molecule has 25 heavy (non-hydrogen) atoms. The Hall–Kier alpha value is -2.52. The van der Waals surface area contributed by atoms with Gasteiger partial charge in [0.1, 0.15) is 22.9 Å². The number of carboxylic acids is 1. The van der Waals surface area contributed by atoms with Gasteiger partial charge in [0, 0.05) is 12.7 Å². The molecular formula is C16H16N2O6S. The smallest absolute Gasteiger partial charge is 0.352 e. The number of nitrogens with two attached hydrogens (primary N) is 1. The number of rotatable bonds is 5. The molecule has 1 amide bonds. The molecule has 2 aliphatic heterocycles. The van der Waals surface area contributed by atoms with Gasteiger partial charge in [0.25, 0.3) is 6.29 Å². The predicted molar refractivity (Wildman–Crippen MR) is 88.4 cm³/mol. The SMILES string of the molecule is CC(=O)OC(Oc1ccccc1)C1=C(C(=O)O)N2C(=O)[C@@H](N)[C@H]2SC1. The third-order valence-corrected chi connectivity index (χ3v) is 5.11. The van der Waals surface area contributed by atoms with Gasteiger partial charge in [-0.15, -0.1) is 11.8 Å². The van der Waals surface area contributed by atoms with E-state index in [9.17, 15) is 19.5 Å². The summed E-state index contributed by atoms with van der Waals surface area (Å²) >= 11 is 1.31. The predicted octanol–water partition coefficient (Wildman–Crippen LogP) is 0.536. The number of esters is 1. The molecule has 0 bridgehead atoms. The monoisotopic (exact) mass is 364 g/mol. The van der Waals surface area contributed by atoms with Gasteiger partial charge in [0.05, 0.1) is 5.57 Å². The first kappa shape index (κ1) is 17.3. The van der Waals surface area contributed by atoms with Crippen LogP contribution in [0.2, 0.25) is 0 Å². The molecule has 1 saturated heterocycles. The third-order valence-electron chi connectivity index (χ3n) is 3.79. The molecule has 2 aliphatic rings. The molecule has 132 valence electrons. The fraction of sp³-hybridized carbons (Fsp3) is 0.312. The van der Waals surface area contributed by atoms with Crippen LogP contribution in [0.15, 0.2) is 41.6 Å². The van der Waals surface area contributed by atoms with E-state index in [4.69, 9.17) is 15.2 Å². The zero-order valence-corrected chi connectivity index (χ0v) is 14.1. The average Bonchev–Trinajstić information content (AvgIpc) is 2.59. The molecule has 1 aromatic carbocycles. The van der Waals surface area contributed by atoms with Crippen molar-refractivity contribution in [3.8, 4) is 5.75 Å². The number of benzene rings is 1. The van der Waals surface area contributed by atoms with Gasteiger partial charge in [-0.25, -0.2) is 4.79 Å². The first-order valence-electron chi connectivity index (χ1n) is 7.45. The molecule has 0 saturated carbocycles. The summed E-state index contributed by atoms with van der Waals surface area (Å²) in [6.45, 7) is 1.20. The van der Waals surface area contributed by atoms with E-state index in [2.05, 4.69) is 0 Å². The van der Waals surface area contributed by atoms with Crippen LogP contribution in [0.25, 0.3) is 0 Å². The summed E-state index contributed by atoms with van der Waals surface area (Å²) in [7, 11) is 0. The molecule has 0 aromatic heterocycles. The molecule has 1 unspecified atom stereocenters. The summed E-state index contributed by atoms with van der Waals surface area (Å²) in [6, 6.07) is 7.83. The molecule has 0 radical (unpaired) electrons. The van der Waals surface area contributed by atoms with Crippen molar-refractivity contribution in [2.45, 2.75) is 24.6 Å². The zero-order valence-electron chi connectivity index (χ0n) is 13.2. The van der Waals surface area contributed by atoms with E-state index < -0.39 is 35.6 Å². The van der Waals surface area contributed by atoms with E-state index in [-0.39, 0.29) is 17.0 Å². The Morgan fingerprint density at radius 3 is 2.64 bits per heavy atom. The second-order valence-electron chi connectivity index (χ2n) is 5.49. The number of aliphatic carboxylic acids is 1. The standard InChI is InChI=1S/C16H16N2O6S/c1-8(19)23-16(24-9-5-3-2-4-6-9)10-7-25-14-11(17)13(20)18(14)12(10)15(21)22/h2-6,11,14,16H,7,17H2,1H3,(H,21,22)/t11-,14-,16?/m1/s1. The van der Waals surface area contributed by atoms with Crippen LogP contribution in [-0.2, 0) is 19.1 Å². The van der Waals surface area contributed by atoms with Crippen LogP contribution < -0.4 is 10.5 Å². The summed E-state index contributed by atoms with van der Waals surface area (Å²) in [4.78, 5) is 36.3. The van der Waals surface area contributed by atoms with Crippen molar-refractivity contribution in [1.82, 2.24) is 4.90 Å². The number of hydrogen-bond acceptors (Lipinski definition) is 7. The van der Waals surface area contributed by atoms with Gasteiger partial charge < -0.3 is 20.3 Å². The Kier molecular flexibility index (Phi) is 4.69. The maximum Gasteiger partial charge on any atom is 0.352 e. The van der Waals surface area contributed by atoms with E-state index in [0.717, 1.165) is 4.90 Å². The molecule has 9 heteroatoms. The lowest BCUT2D eigenvalue weighted by Gasteiger charge is -2.48. The highest BCUT2D eigenvalue weighted by atomic mass is 32.2. The van der Waals surface area contributed by atoms with Gasteiger partial charge in [-0.3, -0.25) is 14.5 Å². The summed E-state index contributed by atoms with van der Waals surface area (Å²) in [5.74, 6) is -1.78. The third kappa shape index (κ3) is 3.20. The number of nitrogens with zero attached hydrogens (tertiary/aromatic N) is 1. The number of thioether (sulfide) groups is 1. The van der Waals surface area contributed by atoms with Gasteiger partial charge >= 0.3 is 11.9 Å². The molecule has 1 aromatic rings. The summed E-state index contributed by atoms with van der Waals surface area (Å²) in [5, 5.41) is 9.15. The van der Waals surface area contributed by atoms with Crippen LogP contribution in [0.3, 0.4) is 0 Å². The lowest BCUT2D eigenvalue weighted by atomic mass is 10.0. The van der Waals surface area contributed by atoms with Crippen LogP contribution in [0.5, 0.6) is 5.75 Å². The van der Waals surface area contributed by atoms with E-state index in [1.54, 1.807) is 30.3 Å². The fourth-order valence-corrected chi connectivity index (χ4v) is 3.97. The Labute approximate surface area is 147 Å². The highest BCUT2D eigenvalue weighted by molar-refractivity contribution is 8.00. The molecule has 3 atom stereocenters. The second-order valence-corrected chi connectivity index (χ2v) is 6.59. The van der Waals surface area contributed by atoms with Gasteiger partial charge in [-0.2, -0.15) is 0 Å². The van der Waals surface area contributed by atoms with E-state index in [1.165, 1.54) is 18.7 Å². The second kappa shape index (κ2) is 6.77. The summed E-state index contributed by atoms with van der Waals surface area (Å²) < 4.78 is 10.8. The van der Waals surface area contributed by atoms with Crippen LogP contribution in [0.1, 0.15) is 6.92 Å². The lowest BCUT2D eigenvalue weighted by Crippen LogP contribution is -2.68. The first-order valence-corrected chi connectivity index (χ1v) is 8.50. The topological polar surface area (TPSA) is 119 Å². The minimum Gasteiger partial charge on any atom is -0.477 e. The Morgan fingerprint density at radius 2 is 2.04 bits per heavy atom. The van der Waals surface area contributed by atoms with Gasteiger partial charge in [-0.1, -0.05) is 18.2 Å². The van der Waals surface area contributed by atoms with Crippen LogP contribution in [0, 0.1) is 0 Å². The number of carbonyl (C=O) groups excluding carboxylic acids is 2. The fourth-order valence-electron chi connectivity index (χ4n) is 2.66. The quantitative estimate of drug-likeness (QED) is 0.441. The number of β-lactam (4-membered cyclic amide) rings is 1. The molecule has 3 rings (SSSR count). The average molecular weight is 364 g/mol. The van der Waals surface area contributed by atoms with Gasteiger partial charge in [0.2, 0.25) is 5.91 Å². The van der Waals surface area contributed by atoms with Crippen molar-refractivity contribution in [2.24, 2.45) is 5.73 Å². The largest absolute Gasteiger partial charge is 0.477 e. The lowest BCUT2D eigenvalue weighted by molar-refractivity contribution is -0.157. The van der Waals surface area contributed by atoms with Crippen molar-refractivity contribution in [3.63, 3.8) is 0 Å². The number of carboxylic acid groups (broad SMARTS) is 1. The number of carbonyl (C=O) groups is 3. The Balaban J connectivity index is 1.98. The Morgan fingerprint density at radius 1 is 1.36 bits per heavy atom. The molecular weight excluding hydrogens is 348 g/mol. The molecule has 0 spiro atoms. The highest BCUT2D eigenvalue weighted by Gasteiger charge is 2.53. The number of fused-ring (bicyclic) bond motifs is 1. The maximum absolute atomic E-state index is 12.0. The molecule has 3 N–H and O–H groups in total. The molecule has 0 aliphatic carbocycles. The highest BCUT2D eigenvalue weighted by Crippen LogP contribution is 2.41. The first-order chi connectivity index (χ1) is 11.9. The van der Waals surface area contributed by atoms with Crippen molar-refractivity contribution in [3.05, 3.63) is 41.6 Å². The molecule has 8 nitrogen and oxygen atoms in total. The number of amides is 1. The van der Waals surface area contributed by atoms with Gasteiger partial charge in [-0.05, 0) is 12.1 Å². The molecule has 1 fully saturated rings. The van der Waals surface area contributed by atoms with Crippen molar-refractivity contribution in [2.75, 3.05) is 5.75 Å². The van der Waals surface area contributed by atoms with Crippen molar-refractivity contribution < 1.29 is 29.0 Å². The number of para-hydroxylation sites is 1.